The topological polar surface area (TPSA) is 87.0 Å². The summed E-state index contributed by atoms with van der Waals surface area (Å²) >= 11 is 11.6. The van der Waals surface area contributed by atoms with Crippen LogP contribution < -0.4 is 10.6 Å². The molecule has 0 aliphatic rings. The Kier molecular flexibility index (Phi) is 7.31. The van der Waals surface area contributed by atoms with Gasteiger partial charge in [-0.15, -0.1) is 0 Å². The van der Waals surface area contributed by atoms with Crippen molar-refractivity contribution in [3.8, 4) is 6.07 Å². The van der Waals surface area contributed by atoms with E-state index in [0.29, 0.717) is 16.9 Å². The van der Waals surface area contributed by atoms with Crippen molar-refractivity contribution in [2.24, 2.45) is 0 Å². The molecule has 0 saturated heterocycles. The van der Waals surface area contributed by atoms with Crippen molar-refractivity contribution in [3.05, 3.63) is 52.1 Å². The Morgan fingerprint density at radius 3 is 2.54 bits per heavy atom. The molecule has 1 aromatic carbocycles. The zero-order chi connectivity index (χ0) is 20.7. The van der Waals surface area contributed by atoms with Gasteiger partial charge >= 0.3 is 12.3 Å². The highest BCUT2D eigenvalue weighted by molar-refractivity contribution is 6.33. The van der Waals surface area contributed by atoms with Crippen molar-refractivity contribution < 1.29 is 22.7 Å². The first-order valence-corrected chi connectivity index (χ1v) is 8.51. The van der Waals surface area contributed by atoms with E-state index in [2.05, 4.69) is 15.6 Å². The van der Waals surface area contributed by atoms with Gasteiger partial charge in [-0.05, 0) is 30.3 Å². The number of nitrogens with one attached hydrogen (secondary N) is 2. The van der Waals surface area contributed by atoms with E-state index >= 15 is 0 Å². The molecular formula is C17H13Cl2F3N4O2. The number of alkyl halides is 3. The van der Waals surface area contributed by atoms with Gasteiger partial charge in [0, 0.05) is 16.9 Å². The fourth-order valence-electron chi connectivity index (χ4n) is 2.02. The van der Waals surface area contributed by atoms with Crippen LogP contribution in [0.3, 0.4) is 0 Å². The van der Waals surface area contributed by atoms with Gasteiger partial charge in [0.15, 0.2) is 0 Å². The van der Waals surface area contributed by atoms with Gasteiger partial charge in [0.1, 0.15) is 11.9 Å². The van der Waals surface area contributed by atoms with Crippen LogP contribution >= 0.6 is 23.2 Å². The number of rotatable bonds is 6. The lowest BCUT2D eigenvalue weighted by molar-refractivity contribution is -0.137. The van der Waals surface area contributed by atoms with Gasteiger partial charge in [-0.25, -0.2) is 9.78 Å². The quantitative estimate of drug-likeness (QED) is 0.642. The van der Waals surface area contributed by atoms with Crippen LogP contribution in [0.25, 0.3) is 0 Å². The van der Waals surface area contributed by atoms with E-state index < -0.39 is 23.9 Å². The lowest BCUT2D eigenvalue weighted by Gasteiger charge is -2.17. The molecular weight excluding hydrogens is 420 g/mol. The molecule has 1 atom stereocenters. The molecule has 0 saturated carbocycles. The van der Waals surface area contributed by atoms with Gasteiger partial charge in [0.25, 0.3) is 0 Å². The van der Waals surface area contributed by atoms with Crippen molar-refractivity contribution in [2.45, 2.75) is 18.7 Å². The highest BCUT2D eigenvalue weighted by Crippen LogP contribution is 2.32. The Labute approximate surface area is 168 Å². The summed E-state index contributed by atoms with van der Waals surface area (Å²) < 4.78 is 43.0. The third-order valence-corrected chi connectivity index (χ3v) is 3.89. The van der Waals surface area contributed by atoms with Crippen LogP contribution in [0.15, 0.2) is 36.5 Å². The molecule has 148 valence electrons. The molecule has 1 heterocycles. The molecule has 0 aliphatic heterocycles. The first-order chi connectivity index (χ1) is 13.2. The molecule has 0 spiro atoms. The average Bonchev–Trinajstić information content (AvgIpc) is 2.61. The monoisotopic (exact) mass is 432 g/mol. The second kappa shape index (κ2) is 9.48. The zero-order valence-corrected chi connectivity index (χ0v) is 15.6. The number of pyridine rings is 1. The van der Waals surface area contributed by atoms with Crippen molar-refractivity contribution in [2.75, 3.05) is 17.2 Å². The van der Waals surface area contributed by atoms with Gasteiger partial charge in [0.05, 0.1) is 29.6 Å². The molecule has 11 heteroatoms. The van der Waals surface area contributed by atoms with Gasteiger partial charge in [-0.2, -0.15) is 18.4 Å². The Morgan fingerprint density at radius 2 is 1.96 bits per heavy atom. The maximum absolute atomic E-state index is 12.6. The Hall–Kier alpha value is -2.70. The van der Waals surface area contributed by atoms with Crippen LogP contribution in [0.4, 0.5) is 29.5 Å². The normalized spacial score (nSPS) is 12.0. The number of amides is 1. The molecule has 1 amide bonds. The Morgan fingerprint density at radius 1 is 1.29 bits per heavy atom. The number of anilines is 2. The highest BCUT2D eigenvalue weighted by Gasteiger charge is 2.31. The molecule has 6 nitrogen and oxygen atoms in total. The summed E-state index contributed by atoms with van der Waals surface area (Å²) in [6.45, 7) is -0.0836. The number of benzene rings is 1. The average molecular weight is 433 g/mol. The lowest BCUT2D eigenvalue weighted by atomic mass is 10.2. The van der Waals surface area contributed by atoms with Crippen LogP contribution in [0.5, 0.6) is 0 Å². The summed E-state index contributed by atoms with van der Waals surface area (Å²) in [5.74, 6) is -0.0284. The fraction of sp³-hybridized carbons (Fsp3) is 0.235. The molecule has 0 radical (unpaired) electrons. The summed E-state index contributed by atoms with van der Waals surface area (Å²) in [5, 5.41) is 14.3. The minimum Gasteiger partial charge on any atom is -0.443 e. The summed E-state index contributed by atoms with van der Waals surface area (Å²) in [5.41, 5.74) is -0.555. The minimum absolute atomic E-state index is 0.0284. The van der Waals surface area contributed by atoms with Crippen LogP contribution in [-0.2, 0) is 10.9 Å². The minimum atomic E-state index is -4.57. The second-order valence-corrected chi connectivity index (χ2v) is 6.30. The number of nitriles is 1. The maximum atomic E-state index is 12.6. The number of aromatic nitrogens is 1. The first-order valence-electron chi connectivity index (χ1n) is 7.76. The van der Waals surface area contributed by atoms with Gasteiger partial charge in [0.2, 0.25) is 0 Å². The van der Waals surface area contributed by atoms with Crippen molar-refractivity contribution in [1.82, 2.24) is 4.98 Å². The lowest BCUT2D eigenvalue weighted by Crippen LogP contribution is -2.28. The molecule has 1 unspecified atom stereocenters. The molecule has 2 aromatic rings. The van der Waals surface area contributed by atoms with Crippen molar-refractivity contribution in [3.63, 3.8) is 0 Å². The van der Waals surface area contributed by atoms with Crippen LogP contribution in [0, 0.1) is 11.3 Å². The number of carbonyl (C=O) groups is 1. The Balaban J connectivity index is 1.96. The van der Waals surface area contributed by atoms with E-state index in [1.54, 1.807) is 24.3 Å². The molecule has 0 fully saturated rings. The first kappa shape index (κ1) is 21.6. The van der Waals surface area contributed by atoms with E-state index in [0.717, 1.165) is 6.07 Å². The third kappa shape index (κ3) is 6.48. The zero-order valence-electron chi connectivity index (χ0n) is 14.1. The van der Waals surface area contributed by atoms with Crippen molar-refractivity contribution >= 4 is 40.8 Å². The van der Waals surface area contributed by atoms with Crippen molar-refractivity contribution in [1.29, 1.82) is 5.26 Å². The fourth-order valence-corrected chi connectivity index (χ4v) is 2.38. The van der Waals surface area contributed by atoms with Gasteiger partial charge in [-0.3, -0.25) is 5.32 Å². The summed E-state index contributed by atoms with van der Waals surface area (Å²) in [7, 11) is 0. The highest BCUT2D eigenvalue weighted by atomic mass is 35.5. The third-order valence-electron chi connectivity index (χ3n) is 3.35. The number of hydrogen-bond donors (Lipinski definition) is 2. The molecule has 0 bridgehead atoms. The standard InChI is InChI=1S/C17H13Cl2F3N4O2/c18-11-1-3-12(4-2-11)26-16(27)28-13(5-6-23)9-25-15-14(19)7-10(8-24-15)17(20,21)22/h1-4,7-8,13H,5,9H2,(H,24,25)(H,26,27). The van der Waals surface area contributed by atoms with Crippen LogP contribution in [-0.4, -0.2) is 23.7 Å². The van der Waals surface area contributed by atoms with E-state index in [-0.39, 0.29) is 23.8 Å². The molecule has 28 heavy (non-hydrogen) atoms. The van der Waals surface area contributed by atoms with E-state index in [1.807, 2.05) is 6.07 Å². The van der Waals surface area contributed by atoms with Crippen LogP contribution in [0.1, 0.15) is 12.0 Å². The maximum Gasteiger partial charge on any atom is 0.417 e. The molecule has 2 N–H and O–H groups in total. The summed E-state index contributed by atoms with van der Waals surface area (Å²) in [6, 6.07) is 8.86. The second-order valence-electron chi connectivity index (χ2n) is 5.45. The number of halogens is 5. The summed E-state index contributed by atoms with van der Waals surface area (Å²) in [4.78, 5) is 15.6. The SMILES string of the molecule is N#CCC(CNc1ncc(C(F)(F)F)cc1Cl)OC(=O)Nc1ccc(Cl)cc1. The predicted molar refractivity (Wildman–Crippen MR) is 98.3 cm³/mol. The van der Waals surface area contributed by atoms with Gasteiger partial charge in [-0.1, -0.05) is 23.2 Å². The number of nitrogens with zero attached hydrogens (tertiary/aromatic N) is 2. The van der Waals surface area contributed by atoms with Crippen LogP contribution in [0.2, 0.25) is 10.0 Å². The summed E-state index contributed by atoms with van der Waals surface area (Å²) in [6.07, 6.45) is -5.80. The van der Waals surface area contributed by atoms with Gasteiger partial charge < -0.3 is 10.1 Å². The predicted octanol–water partition coefficient (Wildman–Crippen LogP) is 5.35. The smallest absolute Gasteiger partial charge is 0.417 e. The number of ether oxygens (including phenoxy) is 1. The molecule has 0 aliphatic carbocycles. The van der Waals surface area contributed by atoms with E-state index in [1.165, 1.54) is 0 Å². The number of carbonyl (C=O) groups excluding carboxylic acids is 1. The van der Waals surface area contributed by atoms with E-state index in [4.69, 9.17) is 33.2 Å². The molecule has 2 rings (SSSR count). The largest absolute Gasteiger partial charge is 0.443 e. The van der Waals surface area contributed by atoms with E-state index in [9.17, 15) is 18.0 Å². The molecule has 1 aromatic heterocycles. The number of hydrogen-bond acceptors (Lipinski definition) is 5. The Bertz CT molecular complexity index is 870.